The van der Waals surface area contributed by atoms with Crippen molar-refractivity contribution < 1.29 is 9.53 Å². The molecule has 7 heteroatoms. The number of methoxy groups -OCH3 is 1. The lowest BCUT2D eigenvalue weighted by molar-refractivity contribution is 0.0633. The van der Waals surface area contributed by atoms with Crippen LogP contribution in [0.2, 0.25) is 0 Å². The number of benzene rings is 1. The molecule has 0 unspecified atom stereocenters. The average molecular weight is 341 g/mol. The summed E-state index contributed by atoms with van der Waals surface area (Å²) < 4.78 is 6.92. The number of aromatic nitrogens is 4. The minimum absolute atomic E-state index is 0.0962. The SMILES string of the molecule is COc1ccc(C(=O)N2[C@H](C)C[C@H]3CCCC[C@H]32)cc1-n1cnnn1. The van der Waals surface area contributed by atoms with Crippen LogP contribution in [0.4, 0.5) is 0 Å². The Kier molecular flexibility index (Phi) is 4.15. The second kappa shape index (κ2) is 6.46. The van der Waals surface area contributed by atoms with E-state index < -0.39 is 0 Å². The zero-order chi connectivity index (χ0) is 17.4. The number of carbonyl (C=O) groups is 1. The van der Waals surface area contributed by atoms with Crippen LogP contribution in [0.1, 0.15) is 49.4 Å². The summed E-state index contributed by atoms with van der Waals surface area (Å²) in [5.74, 6) is 1.39. The predicted octanol–water partition coefficient (Wildman–Crippen LogP) is 2.46. The van der Waals surface area contributed by atoms with E-state index in [1.54, 1.807) is 7.11 Å². The number of likely N-dealkylation sites (tertiary alicyclic amines) is 1. The third-order valence-corrected chi connectivity index (χ3v) is 5.60. The van der Waals surface area contributed by atoms with Gasteiger partial charge in [0, 0.05) is 17.6 Å². The molecule has 2 heterocycles. The molecule has 4 rings (SSSR count). The smallest absolute Gasteiger partial charge is 0.254 e. The fraction of sp³-hybridized carbons (Fsp3) is 0.556. The molecule has 2 aromatic rings. The van der Waals surface area contributed by atoms with Crippen molar-refractivity contribution in [1.82, 2.24) is 25.1 Å². The molecule has 2 fully saturated rings. The number of hydrogen-bond donors (Lipinski definition) is 0. The summed E-state index contributed by atoms with van der Waals surface area (Å²) in [7, 11) is 1.60. The molecule has 1 saturated carbocycles. The fourth-order valence-electron chi connectivity index (χ4n) is 4.48. The van der Waals surface area contributed by atoms with E-state index in [1.165, 1.54) is 30.3 Å². The molecule has 2 aliphatic rings. The first-order valence-corrected chi connectivity index (χ1v) is 8.93. The number of amides is 1. The quantitative estimate of drug-likeness (QED) is 0.857. The molecule has 7 nitrogen and oxygen atoms in total. The molecule has 1 amide bonds. The Bertz CT molecular complexity index is 761. The molecular formula is C18H23N5O2. The molecule has 0 radical (unpaired) electrons. The molecular weight excluding hydrogens is 318 g/mol. The molecule has 0 spiro atoms. The lowest BCUT2D eigenvalue weighted by atomic mass is 9.85. The van der Waals surface area contributed by atoms with E-state index in [0.717, 1.165) is 12.8 Å². The molecule has 25 heavy (non-hydrogen) atoms. The second-order valence-corrected chi connectivity index (χ2v) is 7.05. The van der Waals surface area contributed by atoms with Crippen LogP contribution in [0.5, 0.6) is 5.75 Å². The van der Waals surface area contributed by atoms with Crippen LogP contribution in [0.3, 0.4) is 0 Å². The lowest BCUT2D eigenvalue weighted by Crippen LogP contribution is -2.42. The summed E-state index contributed by atoms with van der Waals surface area (Å²) in [6.45, 7) is 2.17. The molecule has 0 N–H and O–H groups in total. The van der Waals surface area contributed by atoms with E-state index in [0.29, 0.717) is 35.0 Å². The zero-order valence-electron chi connectivity index (χ0n) is 14.6. The summed E-state index contributed by atoms with van der Waals surface area (Å²) in [6.07, 6.45) is 7.50. The second-order valence-electron chi connectivity index (χ2n) is 7.05. The van der Waals surface area contributed by atoms with E-state index in [-0.39, 0.29) is 5.91 Å². The molecule has 3 atom stereocenters. The number of carbonyl (C=O) groups excluding carboxylic acids is 1. The normalized spacial score (nSPS) is 25.7. The van der Waals surface area contributed by atoms with Gasteiger partial charge in [-0.2, -0.15) is 4.68 Å². The molecule has 1 aromatic heterocycles. The van der Waals surface area contributed by atoms with Crippen LogP contribution >= 0.6 is 0 Å². The van der Waals surface area contributed by atoms with Gasteiger partial charge in [0.05, 0.1) is 7.11 Å². The van der Waals surface area contributed by atoms with Crippen LogP contribution in [-0.2, 0) is 0 Å². The van der Waals surface area contributed by atoms with Crippen molar-refractivity contribution in [2.24, 2.45) is 5.92 Å². The van der Waals surface area contributed by atoms with Crippen LogP contribution in [0.25, 0.3) is 5.69 Å². The minimum Gasteiger partial charge on any atom is -0.494 e. The molecule has 1 aliphatic heterocycles. The van der Waals surface area contributed by atoms with Gasteiger partial charge in [0.25, 0.3) is 5.91 Å². The van der Waals surface area contributed by atoms with Crippen molar-refractivity contribution in [3.63, 3.8) is 0 Å². The highest BCUT2D eigenvalue weighted by molar-refractivity contribution is 5.95. The van der Waals surface area contributed by atoms with Gasteiger partial charge in [-0.1, -0.05) is 12.8 Å². The standard InChI is InChI=1S/C18H23N5O2/c1-12-9-13-5-3-4-6-15(13)23(12)18(24)14-7-8-17(25-2)16(10-14)22-11-19-20-21-22/h7-8,10-13,15H,3-6,9H2,1-2H3/t12-,13-,15-/m1/s1. The van der Waals surface area contributed by atoms with E-state index in [1.807, 2.05) is 18.2 Å². The summed E-state index contributed by atoms with van der Waals surface area (Å²) in [6, 6.07) is 6.13. The van der Waals surface area contributed by atoms with Crippen LogP contribution in [0, 0.1) is 5.92 Å². The minimum atomic E-state index is 0.0962. The van der Waals surface area contributed by atoms with Gasteiger partial charge in [0.15, 0.2) is 0 Å². The van der Waals surface area contributed by atoms with Crippen molar-refractivity contribution in [1.29, 1.82) is 0 Å². The fourth-order valence-corrected chi connectivity index (χ4v) is 4.48. The van der Waals surface area contributed by atoms with E-state index in [2.05, 4.69) is 27.3 Å². The summed E-state index contributed by atoms with van der Waals surface area (Å²) in [5, 5.41) is 11.3. The molecule has 1 aromatic carbocycles. The lowest BCUT2D eigenvalue weighted by Gasteiger charge is -2.33. The van der Waals surface area contributed by atoms with Crippen molar-refractivity contribution in [2.75, 3.05) is 7.11 Å². The Morgan fingerprint density at radius 1 is 1.28 bits per heavy atom. The number of hydrogen-bond acceptors (Lipinski definition) is 5. The van der Waals surface area contributed by atoms with E-state index in [4.69, 9.17) is 4.74 Å². The molecule has 0 bridgehead atoms. The van der Waals surface area contributed by atoms with Crippen LogP contribution in [0.15, 0.2) is 24.5 Å². The van der Waals surface area contributed by atoms with Crippen LogP contribution in [-0.4, -0.2) is 50.2 Å². The highest BCUT2D eigenvalue weighted by Gasteiger charge is 2.42. The number of ether oxygens (including phenoxy) is 1. The van der Waals surface area contributed by atoms with Gasteiger partial charge >= 0.3 is 0 Å². The molecule has 1 saturated heterocycles. The largest absolute Gasteiger partial charge is 0.494 e. The van der Waals surface area contributed by atoms with Crippen molar-refractivity contribution >= 4 is 5.91 Å². The van der Waals surface area contributed by atoms with Crippen molar-refractivity contribution in [3.05, 3.63) is 30.1 Å². The number of nitrogens with zero attached hydrogens (tertiary/aromatic N) is 5. The third-order valence-electron chi connectivity index (χ3n) is 5.60. The Morgan fingerprint density at radius 3 is 2.88 bits per heavy atom. The monoisotopic (exact) mass is 341 g/mol. The topological polar surface area (TPSA) is 73.1 Å². The Labute approximate surface area is 147 Å². The van der Waals surface area contributed by atoms with Crippen LogP contribution < -0.4 is 4.74 Å². The van der Waals surface area contributed by atoms with Gasteiger partial charge < -0.3 is 9.64 Å². The Morgan fingerprint density at radius 2 is 2.12 bits per heavy atom. The van der Waals surface area contributed by atoms with Crippen molar-refractivity contribution in [3.8, 4) is 11.4 Å². The molecule has 132 valence electrons. The van der Waals surface area contributed by atoms with E-state index in [9.17, 15) is 4.79 Å². The highest BCUT2D eigenvalue weighted by Crippen LogP contribution is 2.40. The van der Waals surface area contributed by atoms with Gasteiger partial charge in [0.2, 0.25) is 0 Å². The summed E-state index contributed by atoms with van der Waals surface area (Å²) >= 11 is 0. The maximum atomic E-state index is 13.3. The summed E-state index contributed by atoms with van der Waals surface area (Å²) in [5.41, 5.74) is 1.33. The zero-order valence-corrected chi connectivity index (χ0v) is 14.6. The van der Waals surface area contributed by atoms with Gasteiger partial charge in [0.1, 0.15) is 17.8 Å². The first kappa shape index (κ1) is 16.1. The Hall–Kier alpha value is -2.44. The average Bonchev–Trinajstić information content (AvgIpc) is 3.27. The number of fused-ring (bicyclic) bond motifs is 1. The maximum absolute atomic E-state index is 13.3. The highest BCUT2D eigenvalue weighted by atomic mass is 16.5. The predicted molar refractivity (Wildman–Crippen MR) is 91.7 cm³/mol. The first-order chi connectivity index (χ1) is 12.2. The van der Waals surface area contributed by atoms with Gasteiger partial charge in [-0.25, -0.2) is 0 Å². The Balaban J connectivity index is 1.67. The summed E-state index contributed by atoms with van der Waals surface area (Å²) in [4.78, 5) is 15.4. The van der Waals surface area contributed by atoms with Gasteiger partial charge in [-0.3, -0.25) is 4.79 Å². The van der Waals surface area contributed by atoms with Gasteiger partial charge in [-0.15, -0.1) is 5.10 Å². The number of rotatable bonds is 3. The molecule has 1 aliphatic carbocycles. The van der Waals surface area contributed by atoms with E-state index >= 15 is 0 Å². The first-order valence-electron chi connectivity index (χ1n) is 8.93. The van der Waals surface area contributed by atoms with Crippen molar-refractivity contribution in [2.45, 2.75) is 51.1 Å². The third kappa shape index (κ3) is 2.77. The maximum Gasteiger partial charge on any atom is 0.254 e. The number of tetrazole rings is 1. The van der Waals surface area contributed by atoms with Gasteiger partial charge in [-0.05, 0) is 60.7 Å².